The lowest BCUT2D eigenvalue weighted by molar-refractivity contribution is -0.121. The summed E-state index contributed by atoms with van der Waals surface area (Å²) in [5, 5.41) is 0. The third kappa shape index (κ3) is 0.778. The van der Waals surface area contributed by atoms with E-state index in [1.54, 1.807) is 0 Å². The lowest BCUT2D eigenvalue weighted by Gasteiger charge is -2.10. The summed E-state index contributed by atoms with van der Waals surface area (Å²) in [5.74, 6) is 0.875. The van der Waals surface area contributed by atoms with Gasteiger partial charge in [-0.1, -0.05) is 6.92 Å². The smallest absolute Gasteiger partial charge is 0.164 e. The third-order valence-corrected chi connectivity index (χ3v) is 2.08. The molecule has 0 amide bonds. The monoisotopic (exact) mass is 126 g/mol. The molecule has 1 aliphatic heterocycles. The maximum absolute atomic E-state index is 10.9. The number of ketones is 1. The van der Waals surface area contributed by atoms with E-state index in [1.165, 1.54) is 0 Å². The molecule has 2 nitrogen and oxygen atoms in total. The number of ether oxygens (including phenoxy) is 1. The highest BCUT2D eigenvalue weighted by atomic mass is 16.6. The number of hydrogen-bond acceptors (Lipinski definition) is 2. The normalized spacial score (nSPS) is 48.6. The van der Waals surface area contributed by atoms with Crippen molar-refractivity contribution >= 4 is 5.78 Å². The van der Waals surface area contributed by atoms with Crippen molar-refractivity contribution in [1.82, 2.24) is 0 Å². The molecule has 2 aliphatic rings. The molecule has 0 radical (unpaired) electrons. The molecule has 3 unspecified atom stereocenters. The molecule has 0 bridgehead atoms. The Bertz CT molecular complexity index is 153. The summed E-state index contributed by atoms with van der Waals surface area (Å²) in [6.07, 6.45) is 2.15. The summed E-state index contributed by atoms with van der Waals surface area (Å²) in [5.41, 5.74) is 0. The van der Waals surface area contributed by atoms with Crippen molar-refractivity contribution < 1.29 is 9.53 Å². The zero-order chi connectivity index (χ0) is 6.43. The van der Waals surface area contributed by atoms with Gasteiger partial charge in [0.05, 0.1) is 6.10 Å². The number of rotatable bonds is 0. The Morgan fingerprint density at radius 2 is 2.44 bits per heavy atom. The number of Topliss-reactive ketones (excluding diaryl/α,β-unsaturated/α-hetero) is 1. The van der Waals surface area contributed by atoms with E-state index in [2.05, 4.69) is 6.92 Å². The van der Waals surface area contributed by atoms with Crippen LogP contribution in [0.2, 0.25) is 0 Å². The van der Waals surface area contributed by atoms with Gasteiger partial charge in [-0.3, -0.25) is 4.79 Å². The first kappa shape index (κ1) is 5.42. The molecule has 1 aliphatic carbocycles. The molecular weight excluding hydrogens is 116 g/mol. The van der Waals surface area contributed by atoms with Gasteiger partial charge in [-0.2, -0.15) is 0 Å². The van der Waals surface area contributed by atoms with Crippen LogP contribution in [-0.2, 0) is 9.53 Å². The minimum atomic E-state index is 0.0150. The predicted octanol–water partition coefficient (Wildman–Crippen LogP) is 0.753. The largest absolute Gasteiger partial charge is 0.361 e. The highest BCUT2D eigenvalue weighted by Gasteiger charge is 2.48. The van der Waals surface area contributed by atoms with Crippen molar-refractivity contribution in [2.75, 3.05) is 0 Å². The second-order valence-corrected chi connectivity index (χ2v) is 3.11. The SMILES string of the molecule is CC1CC(=O)C2OC2C1. The molecule has 0 aromatic rings. The van der Waals surface area contributed by atoms with E-state index in [9.17, 15) is 4.79 Å². The van der Waals surface area contributed by atoms with Gasteiger partial charge in [-0.25, -0.2) is 0 Å². The number of epoxide rings is 1. The van der Waals surface area contributed by atoms with Gasteiger partial charge in [-0.05, 0) is 12.3 Å². The molecule has 2 fully saturated rings. The fraction of sp³-hybridized carbons (Fsp3) is 0.857. The number of fused-ring (bicyclic) bond motifs is 1. The quantitative estimate of drug-likeness (QED) is 0.448. The predicted molar refractivity (Wildman–Crippen MR) is 32.1 cm³/mol. The Morgan fingerprint density at radius 1 is 1.67 bits per heavy atom. The second kappa shape index (κ2) is 1.57. The Kier molecular flexibility index (Phi) is 0.943. The molecule has 1 heterocycles. The van der Waals surface area contributed by atoms with Gasteiger partial charge >= 0.3 is 0 Å². The first-order valence-corrected chi connectivity index (χ1v) is 3.45. The summed E-state index contributed by atoms with van der Waals surface area (Å²) in [6.45, 7) is 2.11. The summed E-state index contributed by atoms with van der Waals surface area (Å²) in [4.78, 5) is 10.9. The minimum Gasteiger partial charge on any atom is -0.361 e. The molecule has 2 heteroatoms. The minimum absolute atomic E-state index is 0.0150. The number of carbonyl (C=O) groups excluding carboxylic acids is 1. The molecule has 0 aromatic carbocycles. The molecule has 0 aromatic heterocycles. The molecule has 9 heavy (non-hydrogen) atoms. The molecule has 0 spiro atoms. The Labute approximate surface area is 54.2 Å². The highest BCUT2D eigenvalue weighted by Crippen LogP contribution is 2.36. The van der Waals surface area contributed by atoms with E-state index in [4.69, 9.17) is 4.74 Å². The van der Waals surface area contributed by atoms with Crippen molar-refractivity contribution in [2.24, 2.45) is 5.92 Å². The van der Waals surface area contributed by atoms with Crippen LogP contribution in [0.15, 0.2) is 0 Å². The van der Waals surface area contributed by atoms with Crippen LogP contribution in [0, 0.1) is 5.92 Å². The molecule has 1 saturated carbocycles. The van der Waals surface area contributed by atoms with Crippen LogP contribution < -0.4 is 0 Å². The molecule has 50 valence electrons. The first-order valence-electron chi connectivity index (χ1n) is 3.45. The summed E-state index contributed by atoms with van der Waals surface area (Å²) < 4.78 is 5.11. The van der Waals surface area contributed by atoms with Gasteiger partial charge in [0, 0.05) is 6.42 Å². The zero-order valence-corrected chi connectivity index (χ0v) is 5.46. The number of carbonyl (C=O) groups is 1. The second-order valence-electron chi connectivity index (χ2n) is 3.11. The molecule has 2 rings (SSSR count). The fourth-order valence-electron chi connectivity index (χ4n) is 1.54. The van der Waals surface area contributed by atoms with Crippen LogP contribution in [0.1, 0.15) is 19.8 Å². The average Bonchev–Trinajstić information content (AvgIpc) is 2.43. The van der Waals surface area contributed by atoms with Crippen LogP contribution in [0.5, 0.6) is 0 Å². The van der Waals surface area contributed by atoms with Crippen molar-refractivity contribution in [1.29, 1.82) is 0 Å². The van der Waals surface area contributed by atoms with E-state index in [0.717, 1.165) is 12.8 Å². The third-order valence-electron chi connectivity index (χ3n) is 2.08. The van der Waals surface area contributed by atoms with Crippen LogP contribution in [0.25, 0.3) is 0 Å². The van der Waals surface area contributed by atoms with Crippen molar-refractivity contribution in [3.8, 4) is 0 Å². The van der Waals surface area contributed by atoms with E-state index in [-0.39, 0.29) is 6.10 Å². The summed E-state index contributed by atoms with van der Waals surface area (Å²) in [7, 11) is 0. The fourth-order valence-corrected chi connectivity index (χ4v) is 1.54. The van der Waals surface area contributed by atoms with E-state index in [0.29, 0.717) is 17.8 Å². The van der Waals surface area contributed by atoms with Crippen molar-refractivity contribution in [3.63, 3.8) is 0 Å². The average molecular weight is 126 g/mol. The lowest BCUT2D eigenvalue weighted by atomic mass is 9.90. The topological polar surface area (TPSA) is 29.6 Å². The van der Waals surface area contributed by atoms with Crippen molar-refractivity contribution in [3.05, 3.63) is 0 Å². The van der Waals surface area contributed by atoms with Crippen molar-refractivity contribution in [2.45, 2.75) is 32.0 Å². The van der Waals surface area contributed by atoms with Gasteiger partial charge < -0.3 is 4.74 Å². The maximum atomic E-state index is 10.9. The van der Waals surface area contributed by atoms with Gasteiger partial charge in [0.25, 0.3) is 0 Å². The van der Waals surface area contributed by atoms with E-state index < -0.39 is 0 Å². The van der Waals surface area contributed by atoms with Crippen LogP contribution in [0.4, 0.5) is 0 Å². The van der Waals surface area contributed by atoms with E-state index in [1.807, 2.05) is 0 Å². The summed E-state index contributed by atoms with van der Waals surface area (Å²) >= 11 is 0. The zero-order valence-electron chi connectivity index (χ0n) is 5.46. The Hall–Kier alpha value is -0.370. The van der Waals surface area contributed by atoms with Gasteiger partial charge in [0.15, 0.2) is 5.78 Å². The standard InChI is InChI=1S/C7H10O2/c1-4-2-5(8)7-6(3-4)9-7/h4,6-7H,2-3H2,1H3. The molecule has 1 saturated heterocycles. The van der Waals surface area contributed by atoms with Crippen LogP contribution in [0.3, 0.4) is 0 Å². The molecule has 0 N–H and O–H groups in total. The number of hydrogen-bond donors (Lipinski definition) is 0. The maximum Gasteiger partial charge on any atom is 0.164 e. The lowest BCUT2D eigenvalue weighted by Crippen LogP contribution is -2.20. The van der Waals surface area contributed by atoms with Crippen LogP contribution in [-0.4, -0.2) is 18.0 Å². The van der Waals surface area contributed by atoms with Gasteiger partial charge in [0.2, 0.25) is 0 Å². The Balaban J connectivity index is 2.07. The molecular formula is C7H10O2. The molecule has 3 atom stereocenters. The van der Waals surface area contributed by atoms with Gasteiger partial charge in [-0.15, -0.1) is 0 Å². The Morgan fingerprint density at radius 3 is 3.11 bits per heavy atom. The van der Waals surface area contributed by atoms with Gasteiger partial charge in [0.1, 0.15) is 6.10 Å². The first-order chi connectivity index (χ1) is 4.27. The highest BCUT2D eigenvalue weighted by molar-refractivity contribution is 5.87. The van der Waals surface area contributed by atoms with E-state index >= 15 is 0 Å². The summed E-state index contributed by atoms with van der Waals surface area (Å²) in [6, 6.07) is 0. The van der Waals surface area contributed by atoms with Crippen LogP contribution >= 0.6 is 0 Å².